The van der Waals surface area contributed by atoms with Crippen LogP contribution in [0.4, 0.5) is 26.2 Å². The van der Waals surface area contributed by atoms with Gasteiger partial charge in [0, 0.05) is 25.2 Å². The number of hydrogen-bond donors (Lipinski definition) is 2. The topological polar surface area (TPSA) is 128 Å². The fourth-order valence-electron chi connectivity index (χ4n) is 3.62. The summed E-state index contributed by atoms with van der Waals surface area (Å²) in [5.74, 6) is -1.24. The van der Waals surface area contributed by atoms with Gasteiger partial charge in [0.15, 0.2) is 17.5 Å². The highest BCUT2D eigenvalue weighted by Crippen LogP contribution is 2.25. The Morgan fingerprint density at radius 3 is 2.78 bits per heavy atom. The molecule has 12 heteroatoms. The number of amides is 1. The van der Waals surface area contributed by atoms with Gasteiger partial charge in [-0.25, -0.2) is 28.4 Å². The van der Waals surface area contributed by atoms with Gasteiger partial charge >= 0.3 is 0 Å². The number of anilines is 3. The standard InChI is InChI=1S/C24H19F2N9O/c1-34(21-12-35(33-32-21)15-5-7-20-17(10-15)22(27)31-13-30-20)23-16(3-2-8-28-23)24(36)29-11-14-4-6-18(25)19(26)9-14/h2-10,12-13H,11H2,1H3,(H,29,36)(H2,27,30,31). The summed E-state index contributed by atoms with van der Waals surface area (Å²) in [4.78, 5) is 27.1. The lowest BCUT2D eigenvalue weighted by atomic mass is 10.2. The molecule has 0 aliphatic heterocycles. The second kappa shape index (κ2) is 9.33. The smallest absolute Gasteiger partial charge is 0.255 e. The van der Waals surface area contributed by atoms with Crippen LogP contribution in [0.25, 0.3) is 16.6 Å². The van der Waals surface area contributed by atoms with Crippen LogP contribution in [0.3, 0.4) is 0 Å². The van der Waals surface area contributed by atoms with E-state index < -0.39 is 17.5 Å². The van der Waals surface area contributed by atoms with Gasteiger partial charge in [0.25, 0.3) is 5.91 Å². The Kier molecular flexibility index (Phi) is 5.90. The normalized spacial score (nSPS) is 11.0. The highest BCUT2D eigenvalue weighted by molar-refractivity contribution is 5.99. The van der Waals surface area contributed by atoms with Crippen molar-refractivity contribution in [3.8, 4) is 5.69 Å². The van der Waals surface area contributed by atoms with Crippen LogP contribution in [-0.2, 0) is 6.54 Å². The number of aromatic nitrogens is 6. The molecule has 2 aromatic carbocycles. The van der Waals surface area contributed by atoms with Crippen LogP contribution >= 0.6 is 0 Å². The maximum atomic E-state index is 13.5. The summed E-state index contributed by atoms with van der Waals surface area (Å²) in [5, 5.41) is 11.8. The number of pyridine rings is 1. The zero-order chi connectivity index (χ0) is 25.2. The van der Waals surface area contributed by atoms with E-state index in [1.165, 1.54) is 12.4 Å². The second-order valence-corrected chi connectivity index (χ2v) is 7.85. The number of nitrogens with two attached hydrogens (primary N) is 1. The fraction of sp³-hybridized carbons (Fsp3) is 0.0833. The van der Waals surface area contributed by atoms with Gasteiger partial charge in [-0.15, -0.1) is 5.10 Å². The molecule has 0 saturated heterocycles. The van der Waals surface area contributed by atoms with Crippen molar-refractivity contribution in [3.63, 3.8) is 0 Å². The molecule has 10 nitrogen and oxygen atoms in total. The Bertz CT molecular complexity index is 1590. The van der Waals surface area contributed by atoms with E-state index in [1.807, 2.05) is 12.1 Å². The minimum atomic E-state index is -0.978. The van der Waals surface area contributed by atoms with E-state index in [4.69, 9.17) is 5.73 Å². The van der Waals surface area contributed by atoms with Crippen LogP contribution in [0.2, 0.25) is 0 Å². The van der Waals surface area contributed by atoms with Crippen LogP contribution < -0.4 is 16.0 Å². The van der Waals surface area contributed by atoms with Crippen molar-refractivity contribution in [3.05, 3.63) is 90.0 Å². The van der Waals surface area contributed by atoms with Crippen LogP contribution in [-0.4, -0.2) is 42.9 Å². The number of nitrogens with one attached hydrogen (secondary N) is 1. The Labute approximate surface area is 203 Å². The van der Waals surface area contributed by atoms with Crippen molar-refractivity contribution in [2.24, 2.45) is 0 Å². The number of rotatable bonds is 6. The van der Waals surface area contributed by atoms with E-state index in [2.05, 4.69) is 30.6 Å². The zero-order valence-electron chi connectivity index (χ0n) is 18.9. The first-order valence-corrected chi connectivity index (χ1v) is 10.7. The first-order chi connectivity index (χ1) is 17.4. The van der Waals surface area contributed by atoms with Crippen molar-refractivity contribution in [1.82, 2.24) is 35.3 Å². The minimum absolute atomic E-state index is 0.0130. The van der Waals surface area contributed by atoms with Gasteiger partial charge < -0.3 is 16.0 Å². The third kappa shape index (κ3) is 4.39. The average Bonchev–Trinajstić information content (AvgIpc) is 3.39. The number of halogens is 2. The predicted molar refractivity (Wildman–Crippen MR) is 129 cm³/mol. The highest BCUT2D eigenvalue weighted by atomic mass is 19.2. The quantitative estimate of drug-likeness (QED) is 0.374. The van der Waals surface area contributed by atoms with E-state index in [-0.39, 0.29) is 12.1 Å². The van der Waals surface area contributed by atoms with Crippen molar-refractivity contribution >= 4 is 34.3 Å². The van der Waals surface area contributed by atoms with Crippen molar-refractivity contribution in [2.45, 2.75) is 6.54 Å². The predicted octanol–water partition coefficient (Wildman–Crippen LogP) is 3.16. The van der Waals surface area contributed by atoms with Crippen LogP contribution in [0.15, 0.2) is 67.3 Å². The molecule has 3 N–H and O–H groups in total. The van der Waals surface area contributed by atoms with Gasteiger partial charge in [-0.2, -0.15) is 0 Å². The maximum Gasteiger partial charge on any atom is 0.255 e. The molecule has 3 aromatic heterocycles. The van der Waals surface area contributed by atoms with Gasteiger partial charge in [-0.3, -0.25) is 4.79 Å². The Balaban J connectivity index is 1.37. The molecule has 0 aliphatic rings. The molecule has 0 radical (unpaired) electrons. The summed E-state index contributed by atoms with van der Waals surface area (Å²) in [6, 6.07) is 12.1. The molecule has 0 spiro atoms. The fourth-order valence-corrected chi connectivity index (χ4v) is 3.62. The molecular weight excluding hydrogens is 468 g/mol. The molecule has 5 rings (SSSR count). The molecule has 0 bridgehead atoms. The lowest BCUT2D eigenvalue weighted by Crippen LogP contribution is -2.26. The summed E-state index contributed by atoms with van der Waals surface area (Å²) in [6.45, 7) is 0.0130. The SMILES string of the molecule is CN(c1cn(-c2ccc3ncnc(N)c3c2)nn1)c1ncccc1C(=O)NCc1ccc(F)c(F)c1. The monoisotopic (exact) mass is 487 g/mol. The Morgan fingerprint density at radius 1 is 1.08 bits per heavy atom. The number of fused-ring (bicyclic) bond motifs is 1. The summed E-state index contributed by atoms with van der Waals surface area (Å²) >= 11 is 0. The van der Waals surface area contributed by atoms with Gasteiger partial charge in [-0.1, -0.05) is 11.3 Å². The van der Waals surface area contributed by atoms with Crippen molar-refractivity contribution in [1.29, 1.82) is 0 Å². The van der Waals surface area contributed by atoms with Crippen LogP contribution in [0.5, 0.6) is 0 Å². The Morgan fingerprint density at radius 2 is 1.94 bits per heavy atom. The zero-order valence-corrected chi connectivity index (χ0v) is 18.9. The minimum Gasteiger partial charge on any atom is -0.383 e. The summed E-state index contributed by atoms with van der Waals surface area (Å²) in [7, 11) is 1.70. The Hall–Kier alpha value is -5.00. The first-order valence-electron chi connectivity index (χ1n) is 10.7. The van der Waals surface area contributed by atoms with E-state index >= 15 is 0 Å². The molecule has 0 aliphatic carbocycles. The number of carbonyl (C=O) groups excluding carboxylic acids is 1. The summed E-state index contributed by atoms with van der Waals surface area (Å²) in [6.07, 6.45) is 4.63. The average molecular weight is 487 g/mol. The van der Waals surface area contributed by atoms with Crippen molar-refractivity contribution in [2.75, 3.05) is 17.7 Å². The lowest BCUT2D eigenvalue weighted by molar-refractivity contribution is 0.0951. The molecule has 0 atom stereocenters. The molecular formula is C24H19F2N9O. The van der Waals surface area contributed by atoms with Gasteiger partial charge in [-0.05, 0) is 48.0 Å². The van der Waals surface area contributed by atoms with Gasteiger partial charge in [0.2, 0.25) is 0 Å². The highest BCUT2D eigenvalue weighted by Gasteiger charge is 2.19. The molecule has 0 fully saturated rings. The van der Waals surface area contributed by atoms with Crippen LogP contribution in [0.1, 0.15) is 15.9 Å². The molecule has 180 valence electrons. The van der Waals surface area contributed by atoms with E-state index in [1.54, 1.807) is 47.2 Å². The molecule has 1 amide bonds. The number of hydrogen-bond acceptors (Lipinski definition) is 8. The van der Waals surface area contributed by atoms with E-state index in [0.717, 1.165) is 12.1 Å². The van der Waals surface area contributed by atoms with Crippen molar-refractivity contribution < 1.29 is 13.6 Å². The molecule has 36 heavy (non-hydrogen) atoms. The van der Waals surface area contributed by atoms with E-state index in [0.29, 0.717) is 39.6 Å². The lowest BCUT2D eigenvalue weighted by Gasteiger charge is -2.18. The summed E-state index contributed by atoms with van der Waals surface area (Å²) < 4.78 is 28.2. The third-order valence-corrected chi connectivity index (χ3v) is 5.53. The van der Waals surface area contributed by atoms with Gasteiger partial charge in [0.05, 0.1) is 23.0 Å². The molecule has 5 aromatic rings. The number of nitrogen functional groups attached to an aromatic ring is 1. The number of benzene rings is 2. The van der Waals surface area contributed by atoms with E-state index in [9.17, 15) is 13.6 Å². The molecule has 0 saturated carbocycles. The third-order valence-electron chi connectivity index (χ3n) is 5.53. The molecule has 0 unspecified atom stereocenters. The second-order valence-electron chi connectivity index (χ2n) is 7.85. The first kappa shape index (κ1) is 22.8. The number of carbonyl (C=O) groups is 1. The van der Waals surface area contributed by atoms with Gasteiger partial charge in [0.1, 0.15) is 18.0 Å². The van der Waals surface area contributed by atoms with Crippen LogP contribution in [0, 0.1) is 11.6 Å². The maximum absolute atomic E-state index is 13.5. The number of nitrogens with zero attached hydrogens (tertiary/aromatic N) is 7. The summed E-state index contributed by atoms with van der Waals surface area (Å²) in [5.41, 5.74) is 8.06. The molecule has 3 heterocycles. The largest absolute Gasteiger partial charge is 0.383 e.